The Balaban J connectivity index is 1.28. The van der Waals surface area contributed by atoms with E-state index in [0.717, 1.165) is 37.8 Å². The number of nitrogens with one attached hydrogen (secondary N) is 1. The number of aromatic hydroxyl groups is 1. The van der Waals surface area contributed by atoms with Crippen LogP contribution in [0.1, 0.15) is 44.6 Å². The number of pyridine rings is 1. The van der Waals surface area contributed by atoms with Crippen molar-refractivity contribution in [1.82, 2.24) is 25.2 Å². The summed E-state index contributed by atoms with van der Waals surface area (Å²) in [5, 5.41) is 15.3. The van der Waals surface area contributed by atoms with E-state index >= 15 is 4.39 Å². The van der Waals surface area contributed by atoms with Crippen molar-refractivity contribution in [3.05, 3.63) is 59.6 Å². The molecule has 8 nitrogen and oxygen atoms in total. The van der Waals surface area contributed by atoms with Gasteiger partial charge in [-0.25, -0.2) is 13.2 Å². The lowest BCUT2D eigenvalue weighted by Gasteiger charge is -2.39. The number of fused-ring (bicyclic) bond motifs is 5. The molecule has 4 aliphatic rings. The minimum atomic E-state index is -0.787. The molecule has 4 aromatic rings. The summed E-state index contributed by atoms with van der Waals surface area (Å²) in [6.07, 6.45) is 12.1. The number of phenols is 1. The Bertz CT molecular complexity index is 2140. The maximum Gasteiger partial charge on any atom is 0.319 e. The Kier molecular flexibility index (Phi) is 7.24. The van der Waals surface area contributed by atoms with Gasteiger partial charge in [0.25, 0.3) is 0 Å². The minimum absolute atomic E-state index is 0.00918. The molecule has 0 radical (unpaired) electrons. The van der Waals surface area contributed by atoms with Crippen LogP contribution in [0.25, 0.3) is 32.9 Å². The Morgan fingerprint density at radius 3 is 2.92 bits per heavy atom. The quantitative estimate of drug-likeness (QED) is 0.270. The molecule has 0 saturated carbocycles. The molecule has 11 heteroatoms. The number of nitrogens with zero attached hydrogens (tertiary/aromatic N) is 5. The first-order valence-corrected chi connectivity index (χ1v) is 16.2. The zero-order valence-electron chi connectivity index (χ0n) is 26.4. The molecule has 244 valence electrons. The normalized spacial score (nSPS) is 25.8. The fourth-order valence-corrected chi connectivity index (χ4v) is 8.33. The highest BCUT2D eigenvalue weighted by Gasteiger charge is 2.48. The first-order valence-electron chi connectivity index (χ1n) is 16.2. The van der Waals surface area contributed by atoms with Crippen molar-refractivity contribution in [2.24, 2.45) is 0 Å². The van der Waals surface area contributed by atoms with E-state index in [1.165, 1.54) is 30.5 Å². The molecule has 0 spiro atoms. The number of hydrogen-bond acceptors (Lipinski definition) is 8. The van der Waals surface area contributed by atoms with E-state index in [-0.39, 0.29) is 57.7 Å². The summed E-state index contributed by atoms with van der Waals surface area (Å²) in [5.41, 5.74) is -0.205. The molecule has 3 atom stereocenters. The second-order valence-electron chi connectivity index (χ2n) is 13.4. The van der Waals surface area contributed by atoms with Gasteiger partial charge in [0.15, 0.2) is 5.82 Å². The number of piperazine rings is 1. The van der Waals surface area contributed by atoms with E-state index in [0.29, 0.717) is 49.0 Å². The number of ether oxygens (including phenoxy) is 1. The fraction of sp³-hybridized carbons (Fsp3) is 0.378. The smallest absolute Gasteiger partial charge is 0.319 e. The number of hydrogen-bond donors (Lipinski definition) is 2. The molecule has 4 fully saturated rings. The molecule has 48 heavy (non-hydrogen) atoms. The monoisotopic (exact) mass is 650 g/mol. The van der Waals surface area contributed by atoms with Gasteiger partial charge < -0.3 is 14.7 Å². The summed E-state index contributed by atoms with van der Waals surface area (Å²) in [6, 6.07) is 5.61. The largest absolute Gasteiger partial charge is 0.508 e. The lowest BCUT2D eigenvalue weighted by Crippen LogP contribution is -2.59. The molecule has 0 unspecified atom stereocenters. The number of benzene rings is 2. The summed E-state index contributed by atoms with van der Waals surface area (Å²) in [7, 11) is 0. The summed E-state index contributed by atoms with van der Waals surface area (Å²) in [5.74, 6) is 7.66. The molecule has 0 amide bonds. The molecule has 0 aliphatic carbocycles. The first-order chi connectivity index (χ1) is 23.2. The highest BCUT2D eigenvalue weighted by Crippen LogP contribution is 2.43. The minimum Gasteiger partial charge on any atom is -0.508 e. The SMILES string of the molecule is C#Cc1c(F)ccc2cc(O)cc(-c3ncc4c(N5C[C@@H]6CC[C@](C#CC)(C5)N6)nc(OC[C@@]56CCCN5C/C(=C\F)C6)nc4c3F)c12. The molecule has 2 aromatic heterocycles. The zero-order chi connectivity index (χ0) is 33.2. The zero-order valence-corrected chi connectivity index (χ0v) is 26.4. The van der Waals surface area contributed by atoms with Crippen molar-refractivity contribution in [3.8, 4) is 47.2 Å². The van der Waals surface area contributed by atoms with Gasteiger partial charge >= 0.3 is 6.01 Å². The van der Waals surface area contributed by atoms with E-state index in [1.807, 2.05) is 6.92 Å². The molecule has 2 N–H and O–H groups in total. The predicted octanol–water partition coefficient (Wildman–Crippen LogP) is 5.61. The number of terminal acetylenes is 1. The lowest BCUT2D eigenvalue weighted by atomic mass is 9.94. The maximum atomic E-state index is 16.9. The third-order valence-electron chi connectivity index (χ3n) is 10.4. The van der Waals surface area contributed by atoms with Crippen LogP contribution in [-0.4, -0.2) is 74.9 Å². The number of rotatable bonds is 5. The maximum absolute atomic E-state index is 16.9. The van der Waals surface area contributed by atoms with Crippen molar-refractivity contribution >= 4 is 27.5 Å². The summed E-state index contributed by atoms with van der Waals surface area (Å²) in [6.45, 7) is 4.56. The average molecular weight is 651 g/mol. The molecule has 4 saturated heterocycles. The van der Waals surface area contributed by atoms with Gasteiger partial charge in [-0.3, -0.25) is 15.2 Å². The molecule has 4 aliphatic heterocycles. The fourth-order valence-electron chi connectivity index (χ4n) is 8.33. The second-order valence-corrected chi connectivity index (χ2v) is 13.4. The van der Waals surface area contributed by atoms with Crippen molar-refractivity contribution < 1.29 is 23.0 Å². The van der Waals surface area contributed by atoms with Crippen molar-refractivity contribution in [1.29, 1.82) is 0 Å². The highest BCUT2D eigenvalue weighted by atomic mass is 19.1. The summed E-state index contributed by atoms with van der Waals surface area (Å²) >= 11 is 0. The Labute approximate surface area is 276 Å². The Hall–Kier alpha value is -4.84. The van der Waals surface area contributed by atoms with Crippen molar-refractivity contribution in [2.75, 3.05) is 37.7 Å². The van der Waals surface area contributed by atoms with Gasteiger partial charge in [0.1, 0.15) is 35.2 Å². The third kappa shape index (κ3) is 4.84. The predicted molar refractivity (Wildman–Crippen MR) is 177 cm³/mol. The average Bonchev–Trinajstić information content (AvgIpc) is 3.73. The Morgan fingerprint density at radius 1 is 1.23 bits per heavy atom. The van der Waals surface area contributed by atoms with Crippen LogP contribution in [0.4, 0.5) is 19.0 Å². The van der Waals surface area contributed by atoms with E-state index in [2.05, 4.69) is 42.8 Å². The van der Waals surface area contributed by atoms with Crippen LogP contribution >= 0.6 is 0 Å². The van der Waals surface area contributed by atoms with E-state index < -0.39 is 17.2 Å². The second kappa shape index (κ2) is 11.4. The van der Waals surface area contributed by atoms with Gasteiger partial charge in [0, 0.05) is 42.8 Å². The van der Waals surface area contributed by atoms with Gasteiger partial charge in [0.2, 0.25) is 0 Å². The van der Waals surface area contributed by atoms with Gasteiger partial charge in [-0.2, -0.15) is 9.97 Å². The third-order valence-corrected chi connectivity index (χ3v) is 10.4. The van der Waals surface area contributed by atoms with Crippen LogP contribution < -0.4 is 15.0 Å². The van der Waals surface area contributed by atoms with Crippen molar-refractivity contribution in [2.45, 2.75) is 56.1 Å². The number of halogens is 3. The van der Waals surface area contributed by atoms with Gasteiger partial charge in [-0.1, -0.05) is 17.9 Å². The van der Waals surface area contributed by atoms with E-state index in [9.17, 15) is 13.9 Å². The van der Waals surface area contributed by atoms with E-state index in [4.69, 9.17) is 16.1 Å². The van der Waals surface area contributed by atoms with Crippen LogP contribution in [-0.2, 0) is 0 Å². The highest BCUT2D eigenvalue weighted by molar-refractivity contribution is 6.03. The molecular weight excluding hydrogens is 617 g/mol. The molecule has 6 heterocycles. The molecular formula is C37H33F3N6O2. The molecule has 8 rings (SSSR count). The topological polar surface area (TPSA) is 86.6 Å². The summed E-state index contributed by atoms with van der Waals surface area (Å²) < 4.78 is 51.7. The lowest BCUT2D eigenvalue weighted by molar-refractivity contribution is 0.108. The van der Waals surface area contributed by atoms with E-state index in [1.54, 1.807) is 0 Å². The van der Waals surface area contributed by atoms with Gasteiger partial charge in [-0.05, 0) is 74.7 Å². The van der Waals surface area contributed by atoms with Crippen LogP contribution in [0.3, 0.4) is 0 Å². The Morgan fingerprint density at radius 2 is 2.10 bits per heavy atom. The number of phenolic OH excluding ortho intramolecular Hbond substituents is 1. The molecule has 2 bridgehead atoms. The van der Waals surface area contributed by atoms with Crippen LogP contribution in [0, 0.1) is 35.8 Å². The van der Waals surface area contributed by atoms with Crippen LogP contribution in [0.2, 0.25) is 0 Å². The van der Waals surface area contributed by atoms with Crippen LogP contribution in [0.5, 0.6) is 11.8 Å². The van der Waals surface area contributed by atoms with Crippen LogP contribution in [0.15, 0.2) is 42.4 Å². The number of aromatic nitrogens is 3. The summed E-state index contributed by atoms with van der Waals surface area (Å²) in [4.78, 5) is 18.3. The van der Waals surface area contributed by atoms with Gasteiger partial charge in [0.05, 0.1) is 28.4 Å². The molecule has 2 aromatic carbocycles. The number of anilines is 1. The first kappa shape index (κ1) is 30.5. The van der Waals surface area contributed by atoms with Gasteiger partial charge in [-0.15, -0.1) is 12.3 Å². The standard InChI is InChI=1S/C37H33F3N6O2/c1-3-9-36-11-8-24(44-36)19-45(20-36)34-28-17-41-32(27-14-25(47)13-23-6-7-29(39)26(4-2)30(23)27)31(40)33(28)42-35(43-34)48-21-37-10-5-12-46(37)18-22(15-37)16-38/h2,6-7,13-14,16-17,24,44,47H,5,8,10-12,15,18-21H2,1H3/b22-16-/t24-,36+,37-/m0/s1. The van der Waals surface area contributed by atoms with Crippen molar-refractivity contribution in [3.63, 3.8) is 0 Å².